The van der Waals surface area contributed by atoms with Crippen molar-refractivity contribution < 1.29 is 33.5 Å². The Balaban J connectivity index is 1.38. The summed E-state index contributed by atoms with van der Waals surface area (Å²) >= 11 is 0. The molecule has 286 valence electrons. The van der Waals surface area contributed by atoms with Gasteiger partial charge in [-0.1, -0.05) is 74.1 Å². The third-order valence-electron chi connectivity index (χ3n) is 14.4. The van der Waals surface area contributed by atoms with Crippen LogP contribution in [-0.4, -0.2) is 82.8 Å². The van der Waals surface area contributed by atoms with E-state index in [9.17, 15) is 28.8 Å². The maximum absolute atomic E-state index is 14.9. The Bertz CT molecular complexity index is 1400. The van der Waals surface area contributed by atoms with Crippen LogP contribution in [0.25, 0.3) is 0 Å². The minimum absolute atomic E-state index is 0.0157. The molecule has 1 unspecified atom stereocenters. The molecular weight excluding hydrogens is 646 g/mol. The molecule has 2 heterocycles. The standard InChI is InChI=1S/C41H65N3O7/c1-24(2)30(36(49)43-21-25(3)51-26(4)22-43)18-29(45)19-31(38(5,6)7)37(50)44-23-41(39(8,9)40(41)14-11-15-40)20-32(44)33(46)17-28(34(47)35(42)48)16-27-12-10-13-27/h24-28,30-32H,10-23H2,1-9H3,(H2,42,48)/t25-,26+,28?,30-,31+,32-,41+/m0/s1. The summed E-state index contributed by atoms with van der Waals surface area (Å²) in [5.74, 6) is -4.02. The van der Waals surface area contributed by atoms with Gasteiger partial charge in [-0.15, -0.1) is 0 Å². The van der Waals surface area contributed by atoms with E-state index in [0.717, 1.165) is 38.5 Å². The number of hydrogen-bond acceptors (Lipinski definition) is 7. The number of likely N-dealkylation sites (tertiary alicyclic amines) is 1. The molecule has 0 bridgehead atoms. The van der Waals surface area contributed by atoms with E-state index in [2.05, 4.69) is 13.8 Å². The largest absolute Gasteiger partial charge is 0.372 e. The van der Waals surface area contributed by atoms with Crippen LogP contribution in [0.5, 0.6) is 0 Å². The second kappa shape index (κ2) is 14.3. The van der Waals surface area contributed by atoms with Crippen molar-refractivity contribution in [3.63, 3.8) is 0 Å². The Kier molecular flexibility index (Phi) is 11.1. The van der Waals surface area contributed by atoms with Gasteiger partial charge in [0.05, 0.1) is 18.2 Å². The van der Waals surface area contributed by atoms with Crippen LogP contribution in [0.1, 0.15) is 133 Å². The number of amides is 3. The lowest BCUT2D eigenvalue weighted by atomic mass is 9.73. The van der Waals surface area contributed by atoms with Gasteiger partial charge >= 0.3 is 0 Å². The molecule has 3 amide bonds. The highest BCUT2D eigenvalue weighted by atomic mass is 16.5. The van der Waals surface area contributed by atoms with E-state index in [0.29, 0.717) is 38.4 Å². The van der Waals surface area contributed by atoms with Crippen LogP contribution < -0.4 is 5.73 Å². The highest BCUT2D eigenvalue weighted by molar-refractivity contribution is 6.36. The number of nitrogens with zero attached hydrogens (tertiary/aromatic N) is 2. The van der Waals surface area contributed by atoms with Crippen molar-refractivity contribution in [2.24, 2.45) is 57.0 Å². The maximum Gasteiger partial charge on any atom is 0.285 e. The third kappa shape index (κ3) is 7.20. The monoisotopic (exact) mass is 711 g/mol. The number of primary amides is 1. The summed E-state index contributed by atoms with van der Waals surface area (Å²) in [6.45, 7) is 19.7. The average molecular weight is 712 g/mol. The molecule has 5 aliphatic rings. The Morgan fingerprint density at radius 2 is 1.47 bits per heavy atom. The van der Waals surface area contributed by atoms with E-state index in [1.807, 2.05) is 53.4 Å². The van der Waals surface area contributed by atoms with Crippen LogP contribution in [0.3, 0.4) is 0 Å². The fourth-order valence-electron chi connectivity index (χ4n) is 10.8. The third-order valence-corrected chi connectivity index (χ3v) is 14.4. The lowest BCUT2D eigenvalue weighted by molar-refractivity contribution is -0.151. The van der Waals surface area contributed by atoms with Crippen LogP contribution in [0, 0.1) is 51.2 Å². The highest BCUT2D eigenvalue weighted by Gasteiger charge is 2.85. The number of nitrogens with two attached hydrogens (primary N) is 1. The topological polar surface area (TPSA) is 144 Å². The molecule has 0 aromatic heterocycles. The molecule has 10 nitrogen and oxygen atoms in total. The van der Waals surface area contributed by atoms with Crippen LogP contribution in [0.4, 0.5) is 0 Å². The van der Waals surface area contributed by atoms with Crippen molar-refractivity contribution in [3.05, 3.63) is 0 Å². The fourth-order valence-corrected chi connectivity index (χ4v) is 10.8. The number of hydrogen-bond donors (Lipinski definition) is 1. The van der Waals surface area contributed by atoms with Crippen molar-refractivity contribution in [3.8, 4) is 0 Å². The van der Waals surface area contributed by atoms with Crippen molar-refractivity contribution in [1.29, 1.82) is 0 Å². The Morgan fingerprint density at radius 1 is 0.863 bits per heavy atom. The first-order valence-corrected chi connectivity index (χ1v) is 19.8. The summed E-state index contributed by atoms with van der Waals surface area (Å²) < 4.78 is 5.84. The Morgan fingerprint density at radius 3 is 1.92 bits per heavy atom. The van der Waals surface area contributed by atoms with Gasteiger partial charge in [0.25, 0.3) is 5.91 Å². The van der Waals surface area contributed by atoms with Crippen molar-refractivity contribution in [1.82, 2.24) is 9.80 Å². The minimum atomic E-state index is -1.01. The van der Waals surface area contributed by atoms with Gasteiger partial charge in [0.1, 0.15) is 5.78 Å². The molecule has 5 fully saturated rings. The number of Topliss-reactive ketones (excluding diaryl/α,β-unsaturated/α-hetero) is 3. The van der Waals surface area contributed by atoms with Gasteiger partial charge in [0.15, 0.2) is 5.78 Å². The van der Waals surface area contributed by atoms with E-state index in [1.165, 1.54) is 0 Å². The second-order valence-electron chi connectivity index (χ2n) is 19.2. The van der Waals surface area contributed by atoms with Crippen molar-refractivity contribution in [2.75, 3.05) is 19.6 Å². The zero-order chi connectivity index (χ0) is 37.8. The van der Waals surface area contributed by atoms with Gasteiger partial charge < -0.3 is 20.3 Å². The molecule has 0 aromatic rings. The molecule has 5 rings (SSSR count). The second-order valence-corrected chi connectivity index (χ2v) is 19.2. The lowest BCUT2D eigenvalue weighted by Crippen LogP contribution is -2.51. The molecule has 10 heteroatoms. The number of ketones is 3. The molecular formula is C41H65N3O7. The zero-order valence-corrected chi connectivity index (χ0v) is 32.8. The normalized spacial score (nSPS) is 30.0. The van der Waals surface area contributed by atoms with Gasteiger partial charge in [0, 0.05) is 62.1 Å². The number of morpholine rings is 1. The average Bonchev–Trinajstić information content (AvgIpc) is 3.20. The summed E-state index contributed by atoms with van der Waals surface area (Å²) in [5, 5.41) is 0. The molecule has 0 radical (unpaired) electrons. The van der Waals surface area contributed by atoms with Crippen LogP contribution >= 0.6 is 0 Å². The predicted octanol–water partition coefficient (Wildman–Crippen LogP) is 5.52. The number of carbonyl (C=O) groups is 6. The molecule has 3 saturated carbocycles. The quantitative estimate of drug-likeness (QED) is 0.234. The lowest BCUT2D eigenvalue weighted by Gasteiger charge is -2.38. The smallest absolute Gasteiger partial charge is 0.285 e. The molecule has 3 aliphatic carbocycles. The summed E-state index contributed by atoms with van der Waals surface area (Å²) in [7, 11) is 0. The van der Waals surface area contributed by atoms with Gasteiger partial charge in [-0.2, -0.15) is 0 Å². The van der Waals surface area contributed by atoms with Crippen LogP contribution in [0.2, 0.25) is 0 Å². The molecule has 2 saturated heterocycles. The van der Waals surface area contributed by atoms with E-state index in [1.54, 1.807) is 4.90 Å². The number of fused-ring (bicyclic) bond motifs is 1. The SMILES string of the molecule is CC(C)[C@H](CC(=O)C[C@H](C(=O)N1C[C@]2(C[C@H]1C(=O)CC(CC1CCC1)C(=O)C(N)=O)C(C)(C)C21CCC1)C(C)(C)C)C(=O)N1C[C@@H](C)O[C@@H](C)C1. The Labute approximate surface area is 305 Å². The number of ether oxygens (including phenoxy) is 1. The molecule has 51 heavy (non-hydrogen) atoms. The molecule has 2 spiro atoms. The van der Waals surface area contributed by atoms with Crippen LogP contribution in [0.15, 0.2) is 0 Å². The van der Waals surface area contributed by atoms with Gasteiger partial charge in [-0.3, -0.25) is 28.8 Å². The van der Waals surface area contributed by atoms with Crippen LogP contribution in [-0.2, 0) is 33.5 Å². The fraction of sp³-hybridized carbons (Fsp3) is 0.854. The van der Waals surface area contributed by atoms with Gasteiger partial charge in [0.2, 0.25) is 17.6 Å². The van der Waals surface area contributed by atoms with E-state index >= 15 is 0 Å². The summed E-state index contributed by atoms with van der Waals surface area (Å²) in [4.78, 5) is 85.7. The number of rotatable bonds is 14. The summed E-state index contributed by atoms with van der Waals surface area (Å²) in [5.41, 5.74) is 4.69. The Hall–Kier alpha value is -2.62. The highest BCUT2D eigenvalue weighted by Crippen LogP contribution is 2.88. The van der Waals surface area contributed by atoms with Gasteiger partial charge in [-0.25, -0.2) is 0 Å². The van der Waals surface area contributed by atoms with E-state index in [-0.39, 0.29) is 77.0 Å². The predicted molar refractivity (Wildman–Crippen MR) is 194 cm³/mol. The van der Waals surface area contributed by atoms with E-state index in [4.69, 9.17) is 10.5 Å². The maximum atomic E-state index is 14.9. The van der Waals surface area contributed by atoms with Crippen molar-refractivity contribution >= 4 is 35.1 Å². The minimum Gasteiger partial charge on any atom is -0.372 e. The van der Waals surface area contributed by atoms with Crippen molar-refractivity contribution in [2.45, 2.75) is 151 Å². The number of carbonyl (C=O) groups excluding carboxylic acids is 6. The molecule has 2 aliphatic heterocycles. The molecule has 0 aromatic carbocycles. The first-order valence-electron chi connectivity index (χ1n) is 19.8. The zero-order valence-electron chi connectivity index (χ0n) is 32.8. The summed E-state index contributed by atoms with van der Waals surface area (Å²) in [6, 6.07) is -0.725. The first kappa shape index (κ1) is 39.6. The van der Waals surface area contributed by atoms with Gasteiger partial charge in [-0.05, 0) is 67.6 Å². The van der Waals surface area contributed by atoms with E-state index < -0.39 is 40.9 Å². The first-order chi connectivity index (χ1) is 23.7. The summed E-state index contributed by atoms with van der Waals surface area (Å²) in [6.07, 6.45) is 7.06. The molecule has 7 atom stereocenters. The molecule has 2 N–H and O–H groups in total.